The third kappa shape index (κ3) is 2.33. The van der Waals surface area contributed by atoms with Gasteiger partial charge in [0.2, 0.25) is 0 Å². The molecular weight excluding hydrogens is 192 g/mol. The van der Waals surface area contributed by atoms with E-state index in [1.807, 2.05) is 18.2 Å². The summed E-state index contributed by atoms with van der Waals surface area (Å²) < 4.78 is 0. The van der Waals surface area contributed by atoms with Crippen molar-refractivity contribution in [2.24, 2.45) is 5.92 Å². The van der Waals surface area contributed by atoms with Crippen LogP contribution in [0.3, 0.4) is 0 Å². The number of rotatable bonds is 4. The molecule has 1 aliphatic carbocycles. The van der Waals surface area contributed by atoms with E-state index in [1.54, 1.807) is 6.20 Å². The van der Waals surface area contributed by atoms with E-state index in [0.29, 0.717) is 6.54 Å². The molecule has 1 aromatic rings. The van der Waals surface area contributed by atoms with Crippen LogP contribution in [0.5, 0.6) is 0 Å². The first-order valence-electron chi connectivity index (χ1n) is 5.13. The van der Waals surface area contributed by atoms with Crippen LogP contribution >= 0.6 is 0 Å². The van der Waals surface area contributed by atoms with E-state index in [0.717, 1.165) is 18.5 Å². The standard InChI is InChI=1S/C11H14N2O2/c14-11(15)9-4-5-10(9)13-7-8-3-1-2-6-12-8/h1-3,6,9-10,13H,4-5,7H2,(H,14,15). The molecule has 2 rings (SSSR count). The van der Waals surface area contributed by atoms with Crippen molar-refractivity contribution < 1.29 is 9.90 Å². The van der Waals surface area contributed by atoms with Gasteiger partial charge >= 0.3 is 5.97 Å². The molecular formula is C11H14N2O2. The average Bonchev–Trinajstić information content (AvgIpc) is 2.17. The molecule has 2 atom stereocenters. The van der Waals surface area contributed by atoms with E-state index < -0.39 is 5.97 Å². The summed E-state index contributed by atoms with van der Waals surface area (Å²) in [6.45, 7) is 0.648. The first-order chi connectivity index (χ1) is 7.27. The van der Waals surface area contributed by atoms with Crippen LogP contribution in [0.2, 0.25) is 0 Å². The number of nitrogens with one attached hydrogen (secondary N) is 1. The zero-order valence-electron chi connectivity index (χ0n) is 8.39. The Kier molecular flexibility index (Phi) is 2.97. The molecule has 4 heteroatoms. The molecule has 2 N–H and O–H groups in total. The molecule has 4 nitrogen and oxygen atoms in total. The van der Waals surface area contributed by atoms with Crippen molar-refractivity contribution in [2.75, 3.05) is 0 Å². The maximum Gasteiger partial charge on any atom is 0.308 e. The van der Waals surface area contributed by atoms with E-state index in [2.05, 4.69) is 10.3 Å². The Balaban J connectivity index is 1.82. The van der Waals surface area contributed by atoms with Crippen molar-refractivity contribution in [1.29, 1.82) is 0 Å². The van der Waals surface area contributed by atoms with Crippen LogP contribution in [0.15, 0.2) is 24.4 Å². The largest absolute Gasteiger partial charge is 0.481 e. The van der Waals surface area contributed by atoms with Crippen LogP contribution < -0.4 is 5.32 Å². The molecule has 0 saturated heterocycles. The van der Waals surface area contributed by atoms with Gasteiger partial charge in [-0.2, -0.15) is 0 Å². The minimum atomic E-state index is -0.695. The number of carbonyl (C=O) groups is 1. The van der Waals surface area contributed by atoms with Crippen LogP contribution in [-0.2, 0) is 11.3 Å². The van der Waals surface area contributed by atoms with Crippen LogP contribution in [0, 0.1) is 5.92 Å². The summed E-state index contributed by atoms with van der Waals surface area (Å²) in [5.41, 5.74) is 0.952. The Labute approximate surface area is 88.3 Å². The summed E-state index contributed by atoms with van der Waals surface area (Å²) in [5.74, 6) is -0.909. The van der Waals surface area contributed by atoms with Crippen LogP contribution in [0.25, 0.3) is 0 Å². The van der Waals surface area contributed by atoms with E-state index >= 15 is 0 Å². The third-order valence-corrected chi connectivity index (χ3v) is 2.86. The van der Waals surface area contributed by atoms with Gasteiger partial charge in [-0.3, -0.25) is 9.78 Å². The fraction of sp³-hybridized carbons (Fsp3) is 0.455. The highest BCUT2D eigenvalue weighted by atomic mass is 16.4. The van der Waals surface area contributed by atoms with E-state index in [1.165, 1.54) is 0 Å². The lowest BCUT2D eigenvalue weighted by Gasteiger charge is -2.34. The summed E-state index contributed by atoms with van der Waals surface area (Å²) in [6, 6.07) is 5.85. The molecule has 0 aliphatic heterocycles. The van der Waals surface area contributed by atoms with Crippen molar-refractivity contribution in [3.63, 3.8) is 0 Å². The first kappa shape index (κ1) is 10.1. The summed E-state index contributed by atoms with van der Waals surface area (Å²) in [6.07, 6.45) is 3.48. The topological polar surface area (TPSA) is 62.2 Å². The molecule has 2 unspecified atom stereocenters. The Hall–Kier alpha value is -1.42. The molecule has 0 aromatic carbocycles. The number of pyridine rings is 1. The van der Waals surface area contributed by atoms with Gasteiger partial charge < -0.3 is 10.4 Å². The Morgan fingerprint density at radius 3 is 2.93 bits per heavy atom. The number of carboxylic acids is 1. The smallest absolute Gasteiger partial charge is 0.308 e. The molecule has 1 saturated carbocycles. The number of aromatic nitrogens is 1. The van der Waals surface area contributed by atoms with Crippen molar-refractivity contribution in [2.45, 2.75) is 25.4 Å². The lowest BCUT2D eigenvalue weighted by molar-refractivity contribution is -0.146. The highest BCUT2D eigenvalue weighted by Crippen LogP contribution is 2.27. The number of hydrogen-bond acceptors (Lipinski definition) is 3. The van der Waals surface area contributed by atoms with Crippen molar-refractivity contribution in [1.82, 2.24) is 10.3 Å². The van der Waals surface area contributed by atoms with E-state index in [9.17, 15) is 4.79 Å². The molecule has 0 bridgehead atoms. The molecule has 1 aromatic heterocycles. The minimum Gasteiger partial charge on any atom is -0.481 e. The van der Waals surface area contributed by atoms with E-state index in [4.69, 9.17) is 5.11 Å². The van der Waals surface area contributed by atoms with Gasteiger partial charge in [0.25, 0.3) is 0 Å². The maximum atomic E-state index is 10.7. The molecule has 80 valence electrons. The number of carboxylic acid groups (broad SMARTS) is 1. The van der Waals surface area contributed by atoms with Gasteiger partial charge in [0.05, 0.1) is 11.6 Å². The zero-order valence-corrected chi connectivity index (χ0v) is 8.39. The fourth-order valence-electron chi connectivity index (χ4n) is 1.78. The third-order valence-electron chi connectivity index (χ3n) is 2.86. The molecule has 15 heavy (non-hydrogen) atoms. The first-order valence-corrected chi connectivity index (χ1v) is 5.13. The van der Waals surface area contributed by atoms with Crippen LogP contribution in [-0.4, -0.2) is 22.1 Å². The van der Waals surface area contributed by atoms with Crippen molar-refractivity contribution in [3.8, 4) is 0 Å². The van der Waals surface area contributed by atoms with Crippen molar-refractivity contribution in [3.05, 3.63) is 30.1 Å². The van der Waals surface area contributed by atoms with Crippen molar-refractivity contribution >= 4 is 5.97 Å². The predicted molar refractivity (Wildman–Crippen MR) is 55.2 cm³/mol. The van der Waals surface area contributed by atoms with Gasteiger partial charge in [-0.25, -0.2) is 0 Å². The predicted octanol–water partition coefficient (Wildman–Crippen LogP) is 1.03. The molecule has 1 aliphatic rings. The molecule has 0 radical (unpaired) electrons. The van der Waals surface area contributed by atoms with Gasteiger partial charge in [0, 0.05) is 18.8 Å². The SMILES string of the molecule is O=C(O)C1CCC1NCc1ccccn1. The molecule has 1 fully saturated rings. The molecule has 0 amide bonds. The average molecular weight is 206 g/mol. The van der Waals surface area contributed by atoms with Gasteiger partial charge in [-0.05, 0) is 25.0 Å². The highest BCUT2D eigenvalue weighted by Gasteiger charge is 2.35. The van der Waals surface area contributed by atoms with Crippen LogP contribution in [0.1, 0.15) is 18.5 Å². The van der Waals surface area contributed by atoms with Gasteiger partial charge in [0.15, 0.2) is 0 Å². The fourth-order valence-corrected chi connectivity index (χ4v) is 1.78. The summed E-state index contributed by atoms with van der Waals surface area (Å²) in [7, 11) is 0. The normalized spacial score (nSPS) is 24.5. The summed E-state index contributed by atoms with van der Waals surface area (Å²) in [4.78, 5) is 14.9. The van der Waals surface area contributed by atoms with E-state index in [-0.39, 0.29) is 12.0 Å². The zero-order chi connectivity index (χ0) is 10.7. The number of hydrogen-bond donors (Lipinski definition) is 2. The second-order valence-corrected chi connectivity index (χ2v) is 3.83. The lowest BCUT2D eigenvalue weighted by atomic mass is 9.79. The number of aliphatic carboxylic acids is 1. The highest BCUT2D eigenvalue weighted by molar-refractivity contribution is 5.72. The Bertz CT molecular complexity index is 340. The number of nitrogens with zero attached hydrogens (tertiary/aromatic N) is 1. The summed E-state index contributed by atoms with van der Waals surface area (Å²) in [5, 5.41) is 12.1. The molecule has 1 heterocycles. The van der Waals surface area contributed by atoms with Gasteiger partial charge in [-0.1, -0.05) is 6.07 Å². The maximum absolute atomic E-state index is 10.7. The van der Waals surface area contributed by atoms with Crippen LogP contribution in [0.4, 0.5) is 0 Å². The molecule has 0 spiro atoms. The minimum absolute atomic E-state index is 0.115. The van der Waals surface area contributed by atoms with Gasteiger partial charge in [-0.15, -0.1) is 0 Å². The Morgan fingerprint density at radius 2 is 2.40 bits per heavy atom. The second kappa shape index (κ2) is 4.40. The lowest BCUT2D eigenvalue weighted by Crippen LogP contribution is -2.47. The Morgan fingerprint density at radius 1 is 1.53 bits per heavy atom. The summed E-state index contributed by atoms with van der Waals surface area (Å²) >= 11 is 0. The quantitative estimate of drug-likeness (QED) is 0.772. The second-order valence-electron chi connectivity index (χ2n) is 3.83. The van der Waals surface area contributed by atoms with Gasteiger partial charge in [0.1, 0.15) is 0 Å². The monoisotopic (exact) mass is 206 g/mol.